The van der Waals surface area contributed by atoms with Crippen molar-refractivity contribution in [2.45, 2.75) is 6.42 Å². The molecule has 0 unspecified atom stereocenters. The summed E-state index contributed by atoms with van der Waals surface area (Å²) in [5, 5.41) is 8.85. The van der Waals surface area contributed by atoms with Crippen molar-refractivity contribution in [3.05, 3.63) is 35.4 Å². The lowest BCUT2D eigenvalue weighted by molar-refractivity contribution is -0.117. The van der Waals surface area contributed by atoms with Gasteiger partial charge in [-0.2, -0.15) is 0 Å². The first-order chi connectivity index (χ1) is 7.00. The maximum atomic E-state index is 13.1. The van der Waals surface area contributed by atoms with Crippen LogP contribution in [-0.4, -0.2) is 11.0 Å². The van der Waals surface area contributed by atoms with Gasteiger partial charge in [0.2, 0.25) is 5.91 Å². The molecule has 0 aliphatic heterocycles. The second kappa shape index (κ2) is 4.54. The summed E-state index contributed by atoms with van der Waals surface area (Å²) in [6.07, 6.45) is 2.26. The first-order valence-electron chi connectivity index (χ1n) is 4.13. The Kier molecular flexibility index (Phi) is 3.38. The van der Waals surface area contributed by atoms with Gasteiger partial charge in [-0.1, -0.05) is 12.2 Å². The molecule has 0 heterocycles. The molecule has 1 rings (SSSR count). The molecule has 0 aromatic heterocycles. The van der Waals surface area contributed by atoms with E-state index in [2.05, 4.69) is 0 Å². The summed E-state index contributed by atoms with van der Waals surface area (Å²) in [7, 11) is 0. The Morgan fingerprint density at radius 3 is 2.40 bits per heavy atom. The number of phenolic OH excluding ortho intramolecular Hbond substituents is 1. The number of amides is 1. The summed E-state index contributed by atoms with van der Waals surface area (Å²) >= 11 is 0. The highest BCUT2D eigenvalue weighted by Gasteiger charge is 2.07. The van der Waals surface area contributed by atoms with Crippen molar-refractivity contribution in [1.29, 1.82) is 0 Å². The minimum atomic E-state index is -0.895. The Balaban J connectivity index is 2.94. The van der Waals surface area contributed by atoms with Gasteiger partial charge in [0.15, 0.2) is 0 Å². The number of primary amides is 1. The molecule has 3 nitrogen and oxygen atoms in total. The SMILES string of the molecule is NC(=O)CC=Cc1c(F)cc(O)cc1F. The van der Waals surface area contributed by atoms with Crippen LogP contribution in [0.25, 0.3) is 6.08 Å². The van der Waals surface area contributed by atoms with Crippen molar-refractivity contribution in [3.63, 3.8) is 0 Å². The lowest BCUT2D eigenvalue weighted by Gasteiger charge is -2.00. The molecule has 80 valence electrons. The van der Waals surface area contributed by atoms with Crippen LogP contribution in [0.2, 0.25) is 0 Å². The van der Waals surface area contributed by atoms with Gasteiger partial charge in [-0.05, 0) is 0 Å². The quantitative estimate of drug-likeness (QED) is 0.800. The van der Waals surface area contributed by atoms with Gasteiger partial charge in [-0.3, -0.25) is 4.79 Å². The number of phenols is 1. The van der Waals surface area contributed by atoms with Gasteiger partial charge in [0.1, 0.15) is 17.4 Å². The van der Waals surface area contributed by atoms with Crippen LogP contribution in [0.3, 0.4) is 0 Å². The molecule has 0 spiro atoms. The molecule has 5 heteroatoms. The van der Waals surface area contributed by atoms with Gasteiger partial charge in [-0.25, -0.2) is 8.78 Å². The second-order valence-corrected chi connectivity index (χ2v) is 2.90. The Morgan fingerprint density at radius 1 is 1.40 bits per heavy atom. The largest absolute Gasteiger partial charge is 0.508 e. The van der Waals surface area contributed by atoms with Gasteiger partial charge in [0.05, 0.1) is 0 Å². The van der Waals surface area contributed by atoms with E-state index >= 15 is 0 Å². The van der Waals surface area contributed by atoms with E-state index in [1.807, 2.05) is 0 Å². The molecule has 0 bridgehead atoms. The molecule has 0 fully saturated rings. The molecule has 0 aliphatic carbocycles. The predicted molar refractivity (Wildman–Crippen MR) is 50.9 cm³/mol. The second-order valence-electron chi connectivity index (χ2n) is 2.90. The Bertz CT molecular complexity index is 393. The number of hydrogen-bond acceptors (Lipinski definition) is 2. The van der Waals surface area contributed by atoms with Gasteiger partial charge >= 0.3 is 0 Å². The zero-order valence-corrected chi connectivity index (χ0v) is 7.71. The smallest absolute Gasteiger partial charge is 0.221 e. The first kappa shape index (κ1) is 11.2. The molecule has 0 saturated carbocycles. The third kappa shape index (κ3) is 3.05. The van der Waals surface area contributed by atoms with Crippen LogP contribution in [0.1, 0.15) is 12.0 Å². The number of aromatic hydroxyl groups is 1. The molecule has 0 atom stereocenters. The van der Waals surface area contributed by atoms with Crippen LogP contribution in [0.15, 0.2) is 18.2 Å². The summed E-state index contributed by atoms with van der Waals surface area (Å²) in [6, 6.07) is 1.57. The fraction of sp³-hybridized carbons (Fsp3) is 0.100. The summed E-state index contributed by atoms with van der Waals surface area (Å²) in [5.41, 5.74) is 4.53. The molecule has 3 N–H and O–H groups in total. The fourth-order valence-corrected chi connectivity index (χ4v) is 1.02. The van der Waals surface area contributed by atoms with Crippen molar-refractivity contribution in [1.82, 2.24) is 0 Å². The van der Waals surface area contributed by atoms with Crippen LogP contribution >= 0.6 is 0 Å². The third-order valence-corrected chi connectivity index (χ3v) is 1.67. The van der Waals surface area contributed by atoms with E-state index in [-0.39, 0.29) is 12.0 Å². The number of benzene rings is 1. The third-order valence-electron chi connectivity index (χ3n) is 1.67. The molecular weight excluding hydrogens is 204 g/mol. The van der Waals surface area contributed by atoms with E-state index in [1.165, 1.54) is 6.08 Å². The zero-order chi connectivity index (χ0) is 11.4. The van der Waals surface area contributed by atoms with Crippen LogP contribution in [0.5, 0.6) is 5.75 Å². The molecule has 1 aromatic carbocycles. The van der Waals surface area contributed by atoms with E-state index in [1.54, 1.807) is 0 Å². The van der Waals surface area contributed by atoms with E-state index < -0.39 is 23.3 Å². The van der Waals surface area contributed by atoms with Gasteiger partial charge in [0.25, 0.3) is 0 Å². The topological polar surface area (TPSA) is 63.3 Å². The number of nitrogens with two attached hydrogens (primary N) is 1. The molecule has 0 radical (unpaired) electrons. The van der Waals surface area contributed by atoms with Crippen molar-refractivity contribution >= 4 is 12.0 Å². The first-order valence-corrected chi connectivity index (χ1v) is 4.13. The standard InChI is InChI=1S/C10H9F2NO2/c11-8-4-6(14)5-9(12)7(8)2-1-3-10(13)15/h1-2,4-5,14H,3H2,(H2,13,15). The summed E-state index contributed by atoms with van der Waals surface area (Å²) in [5.74, 6) is -2.87. The van der Waals surface area contributed by atoms with Crippen LogP contribution < -0.4 is 5.73 Å². The van der Waals surface area contributed by atoms with Crippen molar-refractivity contribution in [2.75, 3.05) is 0 Å². The summed E-state index contributed by atoms with van der Waals surface area (Å²) < 4.78 is 26.1. The molecular formula is C10H9F2NO2. The number of rotatable bonds is 3. The monoisotopic (exact) mass is 213 g/mol. The average molecular weight is 213 g/mol. The average Bonchev–Trinajstić information content (AvgIpc) is 2.08. The normalized spacial score (nSPS) is 10.8. The van der Waals surface area contributed by atoms with Crippen LogP contribution in [0, 0.1) is 11.6 Å². The lowest BCUT2D eigenvalue weighted by atomic mass is 10.1. The maximum Gasteiger partial charge on any atom is 0.221 e. The van der Waals surface area contributed by atoms with Gasteiger partial charge in [0, 0.05) is 24.1 Å². The molecule has 1 amide bonds. The summed E-state index contributed by atoms with van der Waals surface area (Å²) in [4.78, 5) is 10.4. The highest BCUT2D eigenvalue weighted by atomic mass is 19.1. The van der Waals surface area contributed by atoms with Crippen LogP contribution in [-0.2, 0) is 4.79 Å². The molecule has 0 saturated heterocycles. The Morgan fingerprint density at radius 2 is 1.93 bits per heavy atom. The minimum Gasteiger partial charge on any atom is -0.508 e. The molecule has 0 aliphatic rings. The predicted octanol–water partition coefficient (Wildman–Crippen LogP) is 1.56. The highest BCUT2D eigenvalue weighted by Crippen LogP contribution is 2.20. The van der Waals surface area contributed by atoms with Crippen molar-refractivity contribution < 1.29 is 18.7 Å². The highest BCUT2D eigenvalue weighted by molar-refractivity contribution is 5.76. The number of carbonyl (C=O) groups excluding carboxylic acids is 1. The Hall–Kier alpha value is -1.91. The molecule has 1 aromatic rings. The van der Waals surface area contributed by atoms with Gasteiger partial charge < -0.3 is 10.8 Å². The van der Waals surface area contributed by atoms with E-state index in [0.717, 1.165) is 18.2 Å². The lowest BCUT2D eigenvalue weighted by Crippen LogP contribution is -2.07. The number of halogens is 2. The summed E-state index contributed by atoms with van der Waals surface area (Å²) in [6.45, 7) is 0. The zero-order valence-electron chi connectivity index (χ0n) is 7.71. The van der Waals surface area contributed by atoms with Crippen molar-refractivity contribution in [3.8, 4) is 5.75 Å². The van der Waals surface area contributed by atoms with Crippen LogP contribution in [0.4, 0.5) is 8.78 Å². The van der Waals surface area contributed by atoms with E-state index in [4.69, 9.17) is 10.8 Å². The van der Waals surface area contributed by atoms with E-state index in [0.29, 0.717) is 0 Å². The van der Waals surface area contributed by atoms with Crippen molar-refractivity contribution in [2.24, 2.45) is 5.73 Å². The number of carbonyl (C=O) groups is 1. The fourth-order valence-electron chi connectivity index (χ4n) is 1.02. The molecule has 15 heavy (non-hydrogen) atoms. The van der Waals surface area contributed by atoms with Gasteiger partial charge in [-0.15, -0.1) is 0 Å². The maximum absolute atomic E-state index is 13.1. The number of hydrogen-bond donors (Lipinski definition) is 2. The Labute approximate surface area is 84.8 Å². The minimum absolute atomic E-state index is 0.0975. The van der Waals surface area contributed by atoms with E-state index in [9.17, 15) is 13.6 Å².